The number of benzene rings is 1. The molecule has 1 saturated heterocycles. The predicted octanol–water partition coefficient (Wildman–Crippen LogP) is 3.60. The maximum Gasteiger partial charge on any atom is 0.235 e. The zero-order valence-electron chi connectivity index (χ0n) is 12.1. The number of hydrogen-bond donors (Lipinski definition) is 0. The fourth-order valence-corrected chi connectivity index (χ4v) is 4.32. The molecule has 0 amide bonds. The molecule has 0 unspecified atom stereocenters. The molecule has 5 nitrogen and oxygen atoms in total. The Labute approximate surface area is 141 Å². The Balaban J connectivity index is 1.66. The van der Waals surface area contributed by atoms with E-state index < -0.39 is 0 Å². The molecule has 0 N–H and O–H groups in total. The largest absolute Gasteiger partial charge is 0.296 e. The first kappa shape index (κ1) is 14.3. The van der Waals surface area contributed by atoms with Gasteiger partial charge in [-0.1, -0.05) is 51.9 Å². The second-order valence-corrected chi connectivity index (χ2v) is 7.34. The minimum absolute atomic E-state index is 0.834. The van der Waals surface area contributed by atoms with E-state index in [1.165, 1.54) is 19.3 Å². The standard InChI is InChI=1S/C15H16BrN5S/c16-12-7-3-2-6-11(12)14-19-21-13(17-18-15(21)22-14)10-20-8-4-1-5-9-20/h2-3,6-7H,1,4-5,8-10H2. The molecule has 4 rings (SSSR count). The summed E-state index contributed by atoms with van der Waals surface area (Å²) in [5.41, 5.74) is 1.10. The van der Waals surface area contributed by atoms with Crippen LogP contribution in [0, 0.1) is 0 Å². The maximum atomic E-state index is 4.72. The molecule has 3 aromatic rings. The minimum atomic E-state index is 0.834. The van der Waals surface area contributed by atoms with Gasteiger partial charge in [-0.3, -0.25) is 4.90 Å². The first-order valence-corrected chi connectivity index (χ1v) is 9.10. The summed E-state index contributed by atoms with van der Waals surface area (Å²) in [4.78, 5) is 3.30. The summed E-state index contributed by atoms with van der Waals surface area (Å²) in [6.07, 6.45) is 3.90. The van der Waals surface area contributed by atoms with Crippen LogP contribution >= 0.6 is 27.3 Å². The van der Waals surface area contributed by atoms with Gasteiger partial charge in [0.25, 0.3) is 0 Å². The molecule has 1 aliphatic rings. The smallest absolute Gasteiger partial charge is 0.235 e. The summed E-state index contributed by atoms with van der Waals surface area (Å²) in [6.45, 7) is 3.13. The second kappa shape index (κ2) is 6.06. The van der Waals surface area contributed by atoms with E-state index in [0.29, 0.717) is 0 Å². The van der Waals surface area contributed by atoms with Gasteiger partial charge in [-0.2, -0.15) is 9.61 Å². The number of rotatable bonds is 3. The summed E-state index contributed by atoms with van der Waals surface area (Å²) in [5, 5.41) is 14.3. The summed E-state index contributed by atoms with van der Waals surface area (Å²) >= 11 is 5.17. The minimum Gasteiger partial charge on any atom is -0.296 e. The molecule has 3 heterocycles. The van der Waals surface area contributed by atoms with Crippen LogP contribution in [0.3, 0.4) is 0 Å². The number of aromatic nitrogens is 4. The van der Waals surface area contributed by atoms with E-state index >= 15 is 0 Å². The summed E-state index contributed by atoms with van der Waals surface area (Å²) in [6, 6.07) is 8.14. The SMILES string of the molecule is Brc1ccccc1-c1nn2c(CN3CCCCC3)nnc2s1. The molecule has 1 aromatic carbocycles. The average molecular weight is 378 g/mol. The van der Waals surface area contributed by atoms with Gasteiger partial charge in [0.1, 0.15) is 5.01 Å². The van der Waals surface area contributed by atoms with Crippen molar-refractivity contribution in [2.75, 3.05) is 13.1 Å². The van der Waals surface area contributed by atoms with E-state index in [1.54, 1.807) is 11.3 Å². The Morgan fingerprint density at radius 3 is 2.73 bits per heavy atom. The summed E-state index contributed by atoms with van der Waals surface area (Å²) in [5.74, 6) is 0.937. The average Bonchev–Trinajstić information content (AvgIpc) is 3.11. The van der Waals surface area contributed by atoms with Crippen molar-refractivity contribution in [3.05, 3.63) is 34.6 Å². The van der Waals surface area contributed by atoms with E-state index in [1.807, 2.05) is 22.7 Å². The van der Waals surface area contributed by atoms with Crippen molar-refractivity contribution in [3.8, 4) is 10.6 Å². The molecule has 0 saturated carbocycles. The van der Waals surface area contributed by atoms with Crippen LogP contribution in [0.25, 0.3) is 15.5 Å². The normalized spacial score (nSPS) is 16.4. The Hall–Kier alpha value is -1.31. The Morgan fingerprint density at radius 1 is 1.09 bits per heavy atom. The molecule has 22 heavy (non-hydrogen) atoms. The topological polar surface area (TPSA) is 46.3 Å². The maximum absolute atomic E-state index is 4.72. The third-order valence-electron chi connectivity index (χ3n) is 3.97. The number of likely N-dealkylation sites (tertiary alicyclic amines) is 1. The van der Waals surface area contributed by atoms with Crippen molar-refractivity contribution >= 4 is 32.2 Å². The molecule has 7 heteroatoms. The van der Waals surface area contributed by atoms with Gasteiger partial charge in [0.15, 0.2) is 5.82 Å². The molecule has 0 atom stereocenters. The van der Waals surface area contributed by atoms with Crippen LogP contribution in [0.4, 0.5) is 0 Å². The fraction of sp³-hybridized carbons (Fsp3) is 0.400. The molecular formula is C15H16BrN5S. The predicted molar refractivity (Wildman–Crippen MR) is 90.9 cm³/mol. The van der Waals surface area contributed by atoms with E-state index in [4.69, 9.17) is 5.10 Å². The van der Waals surface area contributed by atoms with Crippen LogP contribution in [0.1, 0.15) is 25.1 Å². The second-order valence-electron chi connectivity index (χ2n) is 5.53. The van der Waals surface area contributed by atoms with Gasteiger partial charge in [0.05, 0.1) is 6.54 Å². The summed E-state index contributed by atoms with van der Waals surface area (Å²) < 4.78 is 2.95. The van der Waals surface area contributed by atoms with Gasteiger partial charge in [0.2, 0.25) is 4.96 Å². The molecule has 2 aromatic heterocycles. The van der Waals surface area contributed by atoms with E-state index in [-0.39, 0.29) is 0 Å². The zero-order valence-corrected chi connectivity index (χ0v) is 14.5. The van der Waals surface area contributed by atoms with E-state index in [2.05, 4.69) is 37.1 Å². The van der Waals surface area contributed by atoms with Crippen LogP contribution in [0.5, 0.6) is 0 Å². The van der Waals surface area contributed by atoms with Gasteiger partial charge in [-0.15, -0.1) is 10.2 Å². The number of halogens is 1. The van der Waals surface area contributed by atoms with Crippen molar-refractivity contribution in [3.63, 3.8) is 0 Å². The van der Waals surface area contributed by atoms with E-state index in [0.717, 1.165) is 45.5 Å². The third-order valence-corrected chi connectivity index (χ3v) is 5.60. The van der Waals surface area contributed by atoms with Crippen LogP contribution in [0.15, 0.2) is 28.7 Å². The van der Waals surface area contributed by atoms with Crippen LogP contribution in [-0.2, 0) is 6.54 Å². The molecular weight excluding hydrogens is 362 g/mol. The quantitative estimate of drug-likeness (QED) is 0.699. The Bertz CT molecular complexity index is 790. The molecule has 0 bridgehead atoms. The monoisotopic (exact) mass is 377 g/mol. The first-order chi connectivity index (χ1) is 10.8. The molecule has 114 valence electrons. The molecule has 1 fully saturated rings. The lowest BCUT2D eigenvalue weighted by molar-refractivity contribution is 0.214. The number of nitrogens with zero attached hydrogens (tertiary/aromatic N) is 5. The lowest BCUT2D eigenvalue weighted by Crippen LogP contribution is -2.30. The molecule has 1 aliphatic heterocycles. The van der Waals surface area contributed by atoms with Crippen LogP contribution in [0.2, 0.25) is 0 Å². The zero-order chi connectivity index (χ0) is 14.9. The van der Waals surface area contributed by atoms with Gasteiger partial charge in [-0.05, 0) is 32.0 Å². The van der Waals surface area contributed by atoms with Gasteiger partial charge in [0, 0.05) is 10.0 Å². The van der Waals surface area contributed by atoms with Crippen molar-refractivity contribution in [2.45, 2.75) is 25.8 Å². The highest BCUT2D eigenvalue weighted by atomic mass is 79.9. The molecule has 0 spiro atoms. The van der Waals surface area contributed by atoms with Gasteiger partial charge >= 0.3 is 0 Å². The third kappa shape index (κ3) is 2.68. The lowest BCUT2D eigenvalue weighted by Gasteiger charge is -2.25. The highest BCUT2D eigenvalue weighted by Crippen LogP contribution is 2.31. The molecule has 0 aliphatic carbocycles. The van der Waals surface area contributed by atoms with Crippen molar-refractivity contribution in [1.29, 1.82) is 0 Å². The first-order valence-electron chi connectivity index (χ1n) is 7.49. The van der Waals surface area contributed by atoms with Gasteiger partial charge in [-0.25, -0.2) is 0 Å². The highest BCUT2D eigenvalue weighted by molar-refractivity contribution is 9.10. The Morgan fingerprint density at radius 2 is 1.91 bits per heavy atom. The lowest BCUT2D eigenvalue weighted by atomic mass is 10.1. The number of piperidine rings is 1. The summed E-state index contributed by atoms with van der Waals surface area (Å²) in [7, 11) is 0. The number of hydrogen-bond acceptors (Lipinski definition) is 5. The van der Waals surface area contributed by atoms with Crippen LogP contribution in [-0.4, -0.2) is 37.8 Å². The van der Waals surface area contributed by atoms with Crippen molar-refractivity contribution in [2.24, 2.45) is 0 Å². The van der Waals surface area contributed by atoms with Gasteiger partial charge < -0.3 is 0 Å². The van der Waals surface area contributed by atoms with E-state index in [9.17, 15) is 0 Å². The molecule has 0 radical (unpaired) electrons. The number of fused-ring (bicyclic) bond motifs is 1. The Kier molecular flexibility index (Phi) is 3.94. The highest BCUT2D eigenvalue weighted by Gasteiger charge is 2.17. The van der Waals surface area contributed by atoms with Crippen LogP contribution < -0.4 is 0 Å². The van der Waals surface area contributed by atoms with Crippen molar-refractivity contribution in [1.82, 2.24) is 24.7 Å². The fourth-order valence-electron chi connectivity index (χ4n) is 2.82. The van der Waals surface area contributed by atoms with Crippen molar-refractivity contribution < 1.29 is 0 Å².